The predicted molar refractivity (Wildman–Crippen MR) is 81.3 cm³/mol. The molecule has 5 heteroatoms. The third kappa shape index (κ3) is 3.42. The van der Waals surface area contributed by atoms with Crippen LogP contribution in [0.15, 0.2) is 40.3 Å². The van der Waals surface area contributed by atoms with Crippen molar-refractivity contribution in [3.63, 3.8) is 0 Å². The van der Waals surface area contributed by atoms with E-state index in [0.29, 0.717) is 6.54 Å². The highest BCUT2D eigenvalue weighted by atomic mass is 79.9. The molecule has 0 saturated carbocycles. The molecule has 0 aliphatic heterocycles. The van der Waals surface area contributed by atoms with Crippen molar-refractivity contribution in [2.45, 2.75) is 26.4 Å². The Morgan fingerprint density at radius 1 is 1.42 bits per heavy atom. The molecule has 2 rings (SSSR count). The summed E-state index contributed by atoms with van der Waals surface area (Å²) in [6.07, 6.45) is 1.75. The topological polar surface area (TPSA) is 33.2 Å². The zero-order valence-corrected chi connectivity index (χ0v) is 13.2. The number of carbonyl (C=O) groups is 1. The summed E-state index contributed by atoms with van der Waals surface area (Å²) in [5.74, 6) is 0.0440. The van der Waals surface area contributed by atoms with Gasteiger partial charge in [0.25, 0.3) is 5.91 Å². The Hall–Kier alpha value is -1.20. The van der Waals surface area contributed by atoms with Crippen molar-refractivity contribution >= 4 is 33.2 Å². The van der Waals surface area contributed by atoms with Crippen LogP contribution in [0.5, 0.6) is 0 Å². The Bertz CT molecular complexity index is 554. The van der Waals surface area contributed by atoms with Crippen LogP contribution in [0, 0.1) is 0 Å². The molecule has 2 aromatic heterocycles. The molecule has 3 nitrogen and oxygen atoms in total. The third-order valence-corrected chi connectivity index (χ3v) is 4.58. The molecule has 19 heavy (non-hydrogen) atoms. The minimum absolute atomic E-state index is 0.0440. The number of aromatic nitrogens is 1. The van der Waals surface area contributed by atoms with Crippen molar-refractivity contribution in [2.75, 3.05) is 0 Å². The van der Waals surface area contributed by atoms with Crippen molar-refractivity contribution in [3.05, 3.63) is 50.9 Å². The molecular weight excluding hydrogens is 324 g/mol. The maximum Gasteiger partial charge on any atom is 0.265 e. The second-order valence-electron chi connectivity index (χ2n) is 4.45. The van der Waals surface area contributed by atoms with Gasteiger partial charge in [0.2, 0.25) is 0 Å². The lowest BCUT2D eigenvalue weighted by Gasteiger charge is -2.26. The van der Waals surface area contributed by atoms with Crippen molar-refractivity contribution in [2.24, 2.45) is 0 Å². The lowest BCUT2D eigenvalue weighted by molar-refractivity contribution is 0.0692. The largest absolute Gasteiger partial charge is 0.330 e. The third-order valence-electron chi connectivity index (χ3n) is 2.75. The van der Waals surface area contributed by atoms with E-state index in [4.69, 9.17) is 0 Å². The molecule has 100 valence electrons. The fraction of sp³-hybridized carbons (Fsp3) is 0.286. The van der Waals surface area contributed by atoms with Gasteiger partial charge in [-0.1, -0.05) is 6.07 Å². The maximum absolute atomic E-state index is 12.6. The first-order valence-electron chi connectivity index (χ1n) is 6.03. The molecule has 0 fully saturated rings. The number of rotatable bonds is 4. The SMILES string of the molecule is CC(C)N(Cc1ccccn1)C(=O)c1sccc1Br. The van der Waals surface area contributed by atoms with Crippen molar-refractivity contribution in [3.8, 4) is 0 Å². The van der Waals surface area contributed by atoms with Gasteiger partial charge in [0.15, 0.2) is 0 Å². The van der Waals surface area contributed by atoms with Crippen LogP contribution in [0.25, 0.3) is 0 Å². The molecule has 0 radical (unpaired) electrons. The lowest BCUT2D eigenvalue weighted by atomic mass is 10.2. The van der Waals surface area contributed by atoms with E-state index in [1.54, 1.807) is 6.20 Å². The van der Waals surface area contributed by atoms with Gasteiger partial charge in [-0.15, -0.1) is 11.3 Å². The zero-order valence-electron chi connectivity index (χ0n) is 10.8. The highest BCUT2D eigenvalue weighted by Gasteiger charge is 2.22. The van der Waals surface area contributed by atoms with E-state index in [2.05, 4.69) is 20.9 Å². The molecule has 0 unspecified atom stereocenters. The van der Waals surface area contributed by atoms with Gasteiger partial charge in [-0.2, -0.15) is 0 Å². The number of thiophene rings is 1. The smallest absolute Gasteiger partial charge is 0.265 e. The van der Waals surface area contributed by atoms with Gasteiger partial charge in [-0.05, 0) is 53.4 Å². The van der Waals surface area contributed by atoms with Gasteiger partial charge in [-0.25, -0.2) is 0 Å². The normalized spacial score (nSPS) is 10.7. The molecule has 2 heterocycles. The van der Waals surface area contributed by atoms with Gasteiger partial charge >= 0.3 is 0 Å². The molecule has 0 spiro atoms. The summed E-state index contributed by atoms with van der Waals surface area (Å²) in [6.45, 7) is 4.56. The molecule has 0 atom stereocenters. The first-order chi connectivity index (χ1) is 9.09. The number of pyridine rings is 1. The molecule has 0 aliphatic carbocycles. The summed E-state index contributed by atoms with van der Waals surface area (Å²) in [5, 5.41) is 1.91. The highest BCUT2D eigenvalue weighted by Crippen LogP contribution is 2.25. The fourth-order valence-electron chi connectivity index (χ4n) is 1.73. The quantitative estimate of drug-likeness (QED) is 0.845. The van der Waals surface area contributed by atoms with Gasteiger partial charge < -0.3 is 4.90 Å². The molecule has 0 aliphatic rings. The van der Waals surface area contributed by atoms with Crippen molar-refractivity contribution in [1.82, 2.24) is 9.88 Å². The molecule has 0 saturated heterocycles. The van der Waals surface area contributed by atoms with Crippen LogP contribution in [-0.2, 0) is 6.54 Å². The number of carbonyl (C=O) groups excluding carboxylic acids is 1. The van der Waals surface area contributed by atoms with E-state index in [1.165, 1.54) is 11.3 Å². The summed E-state index contributed by atoms with van der Waals surface area (Å²) in [6, 6.07) is 7.78. The maximum atomic E-state index is 12.6. The van der Waals surface area contributed by atoms with Crippen LogP contribution in [0.3, 0.4) is 0 Å². The average molecular weight is 339 g/mol. The standard InChI is InChI=1S/C14H15BrN2OS/c1-10(2)17(9-11-5-3-4-7-16-11)14(18)13-12(15)6-8-19-13/h3-8,10H,9H2,1-2H3. The van der Waals surface area contributed by atoms with Gasteiger partial charge in [-0.3, -0.25) is 9.78 Å². The monoisotopic (exact) mass is 338 g/mol. The van der Waals surface area contributed by atoms with E-state index in [1.807, 2.05) is 48.4 Å². The average Bonchev–Trinajstić information content (AvgIpc) is 2.82. The van der Waals surface area contributed by atoms with Crippen LogP contribution >= 0.6 is 27.3 Å². The Balaban J connectivity index is 2.22. The number of hydrogen-bond donors (Lipinski definition) is 0. The first-order valence-corrected chi connectivity index (χ1v) is 7.70. The first kappa shape index (κ1) is 14.2. The number of halogens is 1. The second-order valence-corrected chi connectivity index (χ2v) is 6.22. The van der Waals surface area contributed by atoms with Gasteiger partial charge in [0, 0.05) is 16.7 Å². The number of nitrogens with zero attached hydrogens (tertiary/aromatic N) is 2. The highest BCUT2D eigenvalue weighted by molar-refractivity contribution is 9.10. The van der Waals surface area contributed by atoms with Gasteiger partial charge in [0.1, 0.15) is 4.88 Å². The Labute approximate surface area is 125 Å². The molecule has 1 amide bonds. The summed E-state index contributed by atoms with van der Waals surface area (Å²) in [4.78, 5) is 19.4. The lowest BCUT2D eigenvalue weighted by Crippen LogP contribution is -2.36. The Morgan fingerprint density at radius 2 is 2.21 bits per heavy atom. The number of amides is 1. The van der Waals surface area contributed by atoms with E-state index < -0.39 is 0 Å². The minimum Gasteiger partial charge on any atom is -0.330 e. The summed E-state index contributed by atoms with van der Waals surface area (Å²) < 4.78 is 0.856. The van der Waals surface area contributed by atoms with Crippen LogP contribution < -0.4 is 0 Å². The molecule has 2 aromatic rings. The molecule has 0 bridgehead atoms. The van der Waals surface area contributed by atoms with Crippen LogP contribution in [0.2, 0.25) is 0 Å². The Kier molecular flexibility index (Phi) is 4.71. The van der Waals surface area contributed by atoms with Crippen LogP contribution in [0.1, 0.15) is 29.2 Å². The summed E-state index contributed by atoms with van der Waals surface area (Å²) >= 11 is 4.87. The summed E-state index contributed by atoms with van der Waals surface area (Å²) in [5.41, 5.74) is 0.900. The number of hydrogen-bond acceptors (Lipinski definition) is 3. The summed E-state index contributed by atoms with van der Waals surface area (Å²) in [7, 11) is 0. The molecule has 0 aromatic carbocycles. The van der Waals surface area contributed by atoms with Crippen molar-refractivity contribution in [1.29, 1.82) is 0 Å². The van der Waals surface area contributed by atoms with Gasteiger partial charge in [0.05, 0.1) is 12.2 Å². The van der Waals surface area contributed by atoms with E-state index >= 15 is 0 Å². The fourth-order valence-corrected chi connectivity index (χ4v) is 3.23. The predicted octanol–water partition coefficient (Wildman–Crippen LogP) is 3.96. The molecule has 0 N–H and O–H groups in total. The van der Waals surface area contributed by atoms with E-state index in [-0.39, 0.29) is 11.9 Å². The molecular formula is C14H15BrN2OS. The van der Waals surface area contributed by atoms with Crippen molar-refractivity contribution < 1.29 is 4.79 Å². The van der Waals surface area contributed by atoms with Crippen LogP contribution in [-0.4, -0.2) is 21.8 Å². The van der Waals surface area contributed by atoms with E-state index in [9.17, 15) is 4.79 Å². The zero-order chi connectivity index (χ0) is 13.8. The van der Waals surface area contributed by atoms with E-state index in [0.717, 1.165) is 15.0 Å². The minimum atomic E-state index is 0.0440. The second kappa shape index (κ2) is 6.30. The van der Waals surface area contributed by atoms with Crippen LogP contribution in [0.4, 0.5) is 0 Å². The Morgan fingerprint density at radius 3 is 2.74 bits per heavy atom.